The van der Waals surface area contributed by atoms with Gasteiger partial charge >= 0.3 is 0 Å². The van der Waals surface area contributed by atoms with Crippen molar-refractivity contribution < 1.29 is 23.7 Å². The van der Waals surface area contributed by atoms with Crippen LogP contribution in [0.5, 0.6) is 28.7 Å². The van der Waals surface area contributed by atoms with E-state index < -0.39 is 0 Å². The lowest BCUT2D eigenvalue weighted by atomic mass is 10.1. The molecule has 128 valence electrons. The van der Waals surface area contributed by atoms with Gasteiger partial charge in [0.15, 0.2) is 11.5 Å². The summed E-state index contributed by atoms with van der Waals surface area (Å²) in [5.41, 5.74) is 1.82. The first-order chi connectivity index (χ1) is 11.7. The van der Waals surface area contributed by atoms with Gasteiger partial charge in [0.1, 0.15) is 11.5 Å². The molecule has 0 saturated carbocycles. The summed E-state index contributed by atoms with van der Waals surface area (Å²) in [7, 11) is 8.04. The average molecular weight is 330 g/mol. The lowest BCUT2D eigenvalue weighted by Crippen LogP contribution is -1.95. The van der Waals surface area contributed by atoms with Crippen LogP contribution < -0.4 is 23.7 Å². The topological polar surface area (TPSA) is 46.2 Å². The maximum atomic E-state index is 5.38. The van der Waals surface area contributed by atoms with E-state index >= 15 is 0 Å². The van der Waals surface area contributed by atoms with Crippen LogP contribution in [0, 0.1) is 0 Å². The van der Waals surface area contributed by atoms with E-state index in [4.69, 9.17) is 23.7 Å². The highest BCUT2D eigenvalue weighted by atomic mass is 16.5. The Labute approximate surface area is 142 Å². The zero-order valence-corrected chi connectivity index (χ0v) is 14.6. The number of benzene rings is 2. The molecule has 0 amide bonds. The molecule has 0 aliphatic heterocycles. The Bertz CT molecular complexity index is 697. The van der Waals surface area contributed by atoms with Crippen LogP contribution in [0.1, 0.15) is 11.1 Å². The third-order valence-electron chi connectivity index (χ3n) is 3.58. The Balaban J connectivity index is 2.42. The fourth-order valence-electron chi connectivity index (χ4n) is 2.35. The summed E-state index contributed by atoms with van der Waals surface area (Å²) in [4.78, 5) is 0. The molecule has 0 atom stereocenters. The van der Waals surface area contributed by atoms with Gasteiger partial charge in [-0.05, 0) is 35.9 Å². The molecule has 0 aliphatic rings. The Kier molecular flexibility index (Phi) is 5.95. The number of hydrogen-bond acceptors (Lipinski definition) is 5. The third-order valence-corrected chi connectivity index (χ3v) is 3.58. The molecule has 0 aromatic heterocycles. The first-order valence-corrected chi connectivity index (χ1v) is 7.37. The molecule has 0 spiro atoms. The van der Waals surface area contributed by atoms with E-state index in [0.717, 1.165) is 22.6 Å². The highest BCUT2D eigenvalue weighted by Gasteiger charge is 2.12. The van der Waals surface area contributed by atoms with Gasteiger partial charge in [-0.25, -0.2) is 0 Å². The molecule has 0 unspecified atom stereocenters. The van der Waals surface area contributed by atoms with Gasteiger partial charge in [0.25, 0.3) is 0 Å². The molecule has 5 heteroatoms. The van der Waals surface area contributed by atoms with E-state index in [9.17, 15) is 0 Å². The van der Waals surface area contributed by atoms with E-state index in [1.807, 2.05) is 42.5 Å². The van der Waals surface area contributed by atoms with Crippen molar-refractivity contribution in [3.8, 4) is 28.7 Å². The monoisotopic (exact) mass is 330 g/mol. The summed E-state index contributed by atoms with van der Waals surface area (Å²) < 4.78 is 26.7. The molecule has 0 heterocycles. The molecule has 2 aromatic carbocycles. The maximum absolute atomic E-state index is 5.38. The molecule has 0 N–H and O–H groups in total. The molecule has 0 aliphatic carbocycles. The minimum absolute atomic E-state index is 0.566. The SMILES string of the molecule is COc1ccc(OC)c(/C=C/c2cc(OC)c(OC)c(OC)c2)c1. The van der Waals surface area contributed by atoms with Gasteiger partial charge < -0.3 is 23.7 Å². The molecular weight excluding hydrogens is 308 g/mol. The minimum Gasteiger partial charge on any atom is -0.497 e. The summed E-state index contributed by atoms with van der Waals surface area (Å²) in [5, 5.41) is 0. The zero-order chi connectivity index (χ0) is 17.5. The van der Waals surface area contributed by atoms with Crippen molar-refractivity contribution in [2.75, 3.05) is 35.5 Å². The first kappa shape index (κ1) is 17.5. The molecule has 5 nitrogen and oxygen atoms in total. The number of ether oxygens (including phenoxy) is 5. The second-order valence-corrected chi connectivity index (χ2v) is 4.90. The second-order valence-electron chi connectivity index (χ2n) is 4.90. The van der Waals surface area contributed by atoms with Gasteiger partial charge in [-0.15, -0.1) is 0 Å². The van der Waals surface area contributed by atoms with Crippen LogP contribution in [0.3, 0.4) is 0 Å². The molecular formula is C19H22O5. The van der Waals surface area contributed by atoms with Gasteiger partial charge in [0.2, 0.25) is 5.75 Å². The van der Waals surface area contributed by atoms with Crippen LogP contribution in [0.2, 0.25) is 0 Å². The van der Waals surface area contributed by atoms with Crippen LogP contribution in [0.4, 0.5) is 0 Å². The Morgan fingerprint density at radius 2 is 1.25 bits per heavy atom. The van der Waals surface area contributed by atoms with E-state index in [2.05, 4.69) is 0 Å². The van der Waals surface area contributed by atoms with E-state index in [0.29, 0.717) is 17.2 Å². The summed E-state index contributed by atoms with van der Waals surface area (Å²) >= 11 is 0. The summed E-state index contributed by atoms with van der Waals surface area (Å²) in [5.74, 6) is 3.30. The maximum Gasteiger partial charge on any atom is 0.203 e. The van der Waals surface area contributed by atoms with Crippen molar-refractivity contribution in [1.82, 2.24) is 0 Å². The zero-order valence-electron chi connectivity index (χ0n) is 14.6. The largest absolute Gasteiger partial charge is 0.497 e. The number of hydrogen-bond donors (Lipinski definition) is 0. The van der Waals surface area contributed by atoms with Crippen molar-refractivity contribution in [3.05, 3.63) is 41.5 Å². The number of methoxy groups -OCH3 is 5. The predicted molar refractivity (Wildman–Crippen MR) is 94.6 cm³/mol. The molecule has 24 heavy (non-hydrogen) atoms. The van der Waals surface area contributed by atoms with Crippen LogP contribution in [0.15, 0.2) is 30.3 Å². The van der Waals surface area contributed by atoms with Crippen molar-refractivity contribution >= 4 is 12.2 Å². The standard InChI is InChI=1S/C19H22O5/c1-20-15-8-9-16(21-2)14(12-15)7-6-13-10-17(22-3)19(24-5)18(11-13)23-4/h6-12H,1-5H3/b7-6+. The highest BCUT2D eigenvalue weighted by Crippen LogP contribution is 2.38. The normalized spacial score (nSPS) is 10.5. The van der Waals surface area contributed by atoms with Crippen molar-refractivity contribution in [1.29, 1.82) is 0 Å². The third kappa shape index (κ3) is 3.74. The van der Waals surface area contributed by atoms with Gasteiger partial charge in [0.05, 0.1) is 35.5 Å². The number of rotatable bonds is 7. The quantitative estimate of drug-likeness (QED) is 0.721. The summed E-state index contributed by atoms with van der Waals surface area (Å²) in [6, 6.07) is 9.39. The van der Waals surface area contributed by atoms with Crippen molar-refractivity contribution in [3.63, 3.8) is 0 Å². The van der Waals surface area contributed by atoms with Crippen LogP contribution in [0.25, 0.3) is 12.2 Å². The van der Waals surface area contributed by atoms with Crippen molar-refractivity contribution in [2.24, 2.45) is 0 Å². The summed E-state index contributed by atoms with van der Waals surface area (Å²) in [6.45, 7) is 0. The van der Waals surface area contributed by atoms with Gasteiger partial charge in [-0.2, -0.15) is 0 Å². The lowest BCUT2D eigenvalue weighted by molar-refractivity contribution is 0.324. The van der Waals surface area contributed by atoms with E-state index in [-0.39, 0.29) is 0 Å². The summed E-state index contributed by atoms with van der Waals surface area (Å²) in [6.07, 6.45) is 3.89. The Morgan fingerprint density at radius 3 is 1.75 bits per heavy atom. The Hall–Kier alpha value is -2.82. The molecule has 0 bridgehead atoms. The van der Waals surface area contributed by atoms with Gasteiger partial charge in [-0.1, -0.05) is 12.2 Å². The highest BCUT2D eigenvalue weighted by molar-refractivity contribution is 5.75. The van der Waals surface area contributed by atoms with Gasteiger partial charge in [0, 0.05) is 5.56 Å². The smallest absolute Gasteiger partial charge is 0.203 e. The fraction of sp³-hybridized carbons (Fsp3) is 0.263. The average Bonchev–Trinajstić information content (AvgIpc) is 2.64. The van der Waals surface area contributed by atoms with Crippen LogP contribution in [-0.4, -0.2) is 35.5 Å². The minimum atomic E-state index is 0.566. The lowest BCUT2D eigenvalue weighted by Gasteiger charge is -2.13. The second kappa shape index (κ2) is 8.15. The van der Waals surface area contributed by atoms with E-state index in [1.54, 1.807) is 35.5 Å². The van der Waals surface area contributed by atoms with Crippen LogP contribution >= 0.6 is 0 Å². The van der Waals surface area contributed by atoms with Crippen LogP contribution in [-0.2, 0) is 0 Å². The first-order valence-electron chi connectivity index (χ1n) is 7.37. The van der Waals surface area contributed by atoms with Gasteiger partial charge in [-0.3, -0.25) is 0 Å². The van der Waals surface area contributed by atoms with E-state index in [1.165, 1.54) is 0 Å². The molecule has 2 aromatic rings. The molecule has 0 fully saturated rings. The predicted octanol–water partition coefficient (Wildman–Crippen LogP) is 3.90. The molecule has 0 radical (unpaired) electrons. The molecule has 0 saturated heterocycles. The Morgan fingerprint density at radius 1 is 0.625 bits per heavy atom. The molecule has 2 rings (SSSR count). The fourth-order valence-corrected chi connectivity index (χ4v) is 2.35. The van der Waals surface area contributed by atoms with Crippen molar-refractivity contribution in [2.45, 2.75) is 0 Å².